The summed E-state index contributed by atoms with van der Waals surface area (Å²) in [5, 5.41) is 4.02. The molecule has 22 heavy (non-hydrogen) atoms. The van der Waals surface area contributed by atoms with Gasteiger partial charge >= 0.3 is 0 Å². The van der Waals surface area contributed by atoms with Gasteiger partial charge in [0.2, 0.25) is 11.7 Å². The van der Waals surface area contributed by atoms with E-state index < -0.39 is 0 Å². The molecule has 0 N–H and O–H groups in total. The molecule has 1 aromatic carbocycles. The number of nitrogens with zero attached hydrogens (tertiary/aromatic N) is 3. The number of unbranched alkanes of at least 4 members (excludes halogenated alkanes) is 1. The number of ether oxygens (including phenoxy) is 1. The largest absolute Gasteiger partial charge is 0.488 e. The summed E-state index contributed by atoms with van der Waals surface area (Å²) >= 11 is 1.58. The van der Waals surface area contributed by atoms with Gasteiger partial charge in [-0.2, -0.15) is 4.98 Å². The van der Waals surface area contributed by atoms with Gasteiger partial charge in [0.25, 0.3) is 0 Å². The molecule has 0 saturated heterocycles. The molecular formula is C16H17N3O2S. The first kappa shape index (κ1) is 14.7. The summed E-state index contributed by atoms with van der Waals surface area (Å²) in [5.41, 5.74) is 2.73. The Balaban J connectivity index is 1.62. The molecular weight excluding hydrogens is 298 g/mol. The minimum absolute atomic E-state index is 0.535. The van der Waals surface area contributed by atoms with Gasteiger partial charge in [-0.05, 0) is 30.7 Å². The van der Waals surface area contributed by atoms with Crippen molar-refractivity contribution in [3.8, 4) is 17.1 Å². The molecule has 0 atom stereocenters. The molecule has 3 rings (SSSR count). The minimum atomic E-state index is 0.535. The minimum Gasteiger partial charge on any atom is -0.488 e. The van der Waals surface area contributed by atoms with Crippen molar-refractivity contribution < 1.29 is 9.26 Å². The number of hydrogen-bond acceptors (Lipinski definition) is 6. The Kier molecular flexibility index (Phi) is 4.80. The Labute approximate surface area is 133 Å². The highest BCUT2D eigenvalue weighted by atomic mass is 32.1. The molecule has 0 fully saturated rings. The van der Waals surface area contributed by atoms with Gasteiger partial charge < -0.3 is 9.26 Å². The van der Waals surface area contributed by atoms with Crippen molar-refractivity contribution in [2.24, 2.45) is 0 Å². The van der Waals surface area contributed by atoms with Crippen molar-refractivity contribution in [1.82, 2.24) is 15.1 Å². The molecule has 0 radical (unpaired) electrons. The van der Waals surface area contributed by atoms with Crippen LogP contribution in [0.25, 0.3) is 11.4 Å². The van der Waals surface area contributed by atoms with Crippen LogP contribution in [0.2, 0.25) is 0 Å². The van der Waals surface area contributed by atoms with Crippen molar-refractivity contribution in [3.63, 3.8) is 0 Å². The van der Waals surface area contributed by atoms with Crippen molar-refractivity contribution in [1.29, 1.82) is 0 Å². The SMILES string of the molecule is CCCCc1nc(-c2ccc(OCc3cncs3)cc2)no1. The zero-order valence-corrected chi connectivity index (χ0v) is 13.2. The predicted molar refractivity (Wildman–Crippen MR) is 84.8 cm³/mol. The highest BCUT2D eigenvalue weighted by Crippen LogP contribution is 2.21. The van der Waals surface area contributed by atoms with Gasteiger partial charge in [0.05, 0.1) is 10.4 Å². The van der Waals surface area contributed by atoms with E-state index in [-0.39, 0.29) is 0 Å². The molecule has 2 heterocycles. The van der Waals surface area contributed by atoms with Gasteiger partial charge in [-0.1, -0.05) is 18.5 Å². The summed E-state index contributed by atoms with van der Waals surface area (Å²) in [7, 11) is 0. The van der Waals surface area contributed by atoms with Gasteiger partial charge in [-0.15, -0.1) is 11.3 Å². The van der Waals surface area contributed by atoms with E-state index in [2.05, 4.69) is 22.0 Å². The highest BCUT2D eigenvalue weighted by molar-refractivity contribution is 7.09. The average Bonchev–Trinajstić information content (AvgIpc) is 3.23. The zero-order valence-electron chi connectivity index (χ0n) is 12.4. The van der Waals surface area contributed by atoms with Gasteiger partial charge in [0, 0.05) is 18.2 Å². The van der Waals surface area contributed by atoms with Crippen molar-refractivity contribution in [3.05, 3.63) is 46.7 Å². The Bertz CT molecular complexity index is 693. The first-order chi connectivity index (χ1) is 10.8. The van der Waals surface area contributed by atoms with Crippen molar-refractivity contribution in [2.45, 2.75) is 32.8 Å². The third-order valence-electron chi connectivity index (χ3n) is 3.19. The lowest BCUT2D eigenvalue weighted by Gasteiger charge is -2.04. The Hall–Kier alpha value is -2.21. The zero-order chi connectivity index (χ0) is 15.2. The maximum absolute atomic E-state index is 5.71. The number of rotatable bonds is 7. The average molecular weight is 315 g/mol. The van der Waals surface area contributed by atoms with Crippen LogP contribution >= 0.6 is 11.3 Å². The second-order valence-electron chi connectivity index (χ2n) is 4.90. The summed E-state index contributed by atoms with van der Waals surface area (Å²) in [4.78, 5) is 9.53. The summed E-state index contributed by atoms with van der Waals surface area (Å²) in [5.74, 6) is 2.13. The molecule has 0 spiro atoms. The first-order valence-electron chi connectivity index (χ1n) is 7.28. The maximum Gasteiger partial charge on any atom is 0.226 e. The summed E-state index contributed by atoms with van der Waals surface area (Å²) < 4.78 is 11.0. The number of aryl methyl sites for hydroxylation is 1. The van der Waals surface area contributed by atoms with E-state index in [1.165, 1.54) is 0 Å². The lowest BCUT2D eigenvalue weighted by Crippen LogP contribution is -1.92. The summed E-state index contributed by atoms with van der Waals surface area (Å²) in [6.07, 6.45) is 4.82. The van der Waals surface area contributed by atoms with E-state index in [4.69, 9.17) is 9.26 Å². The molecule has 0 saturated carbocycles. The van der Waals surface area contributed by atoms with E-state index in [0.717, 1.165) is 35.5 Å². The predicted octanol–water partition coefficient (Wildman–Crippen LogP) is 4.11. The molecule has 0 aliphatic heterocycles. The normalized spacial score (nSPS) is 10.8. The lowest BCUT2D eigenvalue weighted by molar-refractivity contribution is 0.309. The topological polar surface area (TPSA) is 61.0 Å². The van der Waals surface area contributed by atoms with E-state index in [1.54, 1.807) is 16.8 Å². The summed E-state index contributed by atoms with van der Waals surface area (Å²) in [6, 6.07) is 7.71. The van der Waals surface area contributed by atoms with E-state index >= 15 is 0 Å². The first-order valence-corrected chi connectivity index (χ1v) is 8.16. The smallest absolute Gasteiger partial charge is 0.226 e. The molecule has 0 aliphatic rings. The number of benzene rings is 1. The molecule has 0 unspecified atom stereocenters. The standard InChI is InChI=1S/C16H17N3O2S/c1-2-3-4-15-18-16(19-21-15)12-5-7-13(8-6-12)20-10-14-9-17-11-22-14/h5-9,11H,2-4,10H2,1H3. The van der Waals surface area contributed by atoms with Crippen LogP contribution in [0.15, 0.2) is 40.5 Å². The molecule has 2 aromatic heterocycles. The van der Waals surface area contributed by atoms with Crippen LogP contribution < -0.4 is 4.74 Å². The fraction of sp³-hybridized carbons (Fsp3) is 0.312. The molecule has 5 nitrogen and oxygen atoms in total. The van der Waals surface area contributed by atoms with E-state index in [9.17, 15) is 0 Å². The fourth-order valence-electron chi connectivity index (χ4n) is 1.97. The molecule has 0 amide bonds. The van der Waals surface area contributed by atoms with Crippen LogP contribution in [0.5, 0.6) is 5.75 Å². The van der Waals surface area contributed by atoms with Crippen LogP contribution in [0.3, 0.4) is 0 Å². The Morgan fingerprint density at radius 1 is 1.23 bits per heavy atom. The number of hydrogen-bond donors (Lipinski definition) is 0. The van der Waals surface area contributed by atoms with Crippen molar-refractivity contribution >= 4 is 11.3 Å². The third-order valence-corrected chi connectivity index (χ3v) is 3.94. The lowest BCUT2D eigenvalue weighted by atomic mass is 10.2. The second-order valence-corrected chi connectivity index (χ2v) is 5.87. The van der Waals surface area contributed by atoms with Crippen LogP contribution in [-0.4, -0.2) is 15.1 Å². The molecule has 0 bridgehead atoms. The van der Waals surface area contributed by atoms with Gasteiger partial charge in [0.15, 0.2) is 0 Å². The third kappa shape index (κ3) is 3.71. The fourth-order valence-corrected chi connectivity index (χ4v) is 2.48. The molecule has 3 aromatic rings. The second kappa shape index (κ2) is 7.17. The van der Waals surface area contributed by atoms with E-state index in [0.29, 0.717) is 18.3 Å². The Morgan fingerprint density at radius 2 is 2.09 bits per heavy atom. The van der Waals surface area contributed by atoms with E-state index in [1.807, 2.05) is 30.5 Å². The van der Waals surface area contributed by atoms with Crippen LogP contribution in [-0.2, 0) is 13.0 Å². The summed E-state index contributed by atoms with van der Waals surface area (Å²) in [6.45, 7) is 2.68. The number of aromatic nitrogens is 3. The Morgan fingerprint density at radius 3 is 2.82 bits per heavy atom. The monoisotopic (exact) mass is 315 g/mol. The number of thiazole rings is 1. The van der Waals surface area contributed by atoms with Gasteiger partial charge in [-0.25, -0.2) is 0 Å². The highest BCUT2D eigenvalue weighted by Gasteiger charge is 2.08. The molecule has 0 aliphatic carbocycles. The van der Waals surface area contributed by atoms with Gasteiger partial charge in [-0.3, -0.25) is 4.98 Å². The van der Waals surface area contributed by atoms with Crippen LogP contribution in [0.4, 0.5) is 0 Å². The van der Waals surface area contributed by atoms with Crippen molar-refractivity contribution in [2.75, 3.05) is 0 Å². The van der Waals surface area contributed by atoms with Crippen LogP contribution in [0.1, 0.15) is 30.5 Å². The van der Waals surface area contributed by atoms with Gasteiger partial charge in [0.1, 0.15) is 12.4 Å². The maximum atomic E-state index is 5.71. The molecule has 114 valence electrons. The van der Waals surface area contributed by atoms with Crippen LogP contribution in [0, 0.1) is 0 Å². The quantitative estimate of drug-likeness (QED) is 0.656. The molecule has 6 heteroatoms.